The second-order valence-corrected chi connectivity index (χ2v) is 6.27. The summed E-state index contributed by atoms with van der Waals surface area (Å²) >= 11 is 1.80. The van der Waals surface area contributed by atoms with E-state index < -0.39 is 5.82 Å². The number of carbonyl (C=O) groups is 1. The van der Waals surface area contributed by atoms with Crippen molar-refractivity contribution >= 4 is 17.7 Å². The van der Waals surface area contributed by atoms with Crippen LogP contribution in [0.5, 0.6) is 0 Å². The fourth-order valence-corrected chi connectivity index (χ4v) is 3.68. The standard InChI is InChI=1S/C17H16FNOS/c1-11-5-4-7-13(16(11)18)17(20)19-14-9-10-21-15-8-3-2-6-12(14)15/h2-8,14H,9-10H2,1H3,(H,19,20). The highest BCUT2D eigenvalue weighted by Gasteiger charge is 2.23. The zero-order valence-corrected chi connectivity index (χ0v) is 12.5. The van der Waals surface area contributed by atoms with Crippen molar-refractivity contribution < 1.29 is 9.18 Å². The average Bonchev–Trinajstić information content (AvgIpc) is 2.50. The molecule has 0 bridgehead atoms. The van der Waals surface area contributed by atoms with E-state index in [0.717, 1.165) is 17.7 Å². The number of halogens is 1. The van der Waals surface area contributed by atoms with Crippen LogP contribution in [0.25, 0.3) is 0 Å². The maximum Gasteiger partial charge on any atom is 0.254 e. The Hall–Kier alpha value is -1.81. The lowest BCUT2D eigenvalue weighted by Gasteiger charge is -2.26. The molecule has 2 aromatic carbocycles. The van der Waals surface area contributed by atoms with Crippen molar-refractivity contribution in [1.82, 2.24) is 5.32 Å². The average molecular weight is 301 g/mol. The molecule has 1 aliphatic heterocycles. The third kappa shape index (κ3) is 2.81. The quantitative estimate of drug-likeness (QED) is 0.904. The molecule has 1 heterocycles. The van der Waals surface area contributed by atoms with Crippen molar-refractivity contribution in [2.75, 3.05) is 5.75 Å². The smallest absolute Gasteiger partial charge is 0.254 e. The summed E-state index contributed by atoms with van der Waals surface area (Å²) in [5.74, 6) is 0.175. The molecule has 1 aliphatic rings. The lowest BCUT2D eigenvalue weighted by atomic mass is 10.0. The summed E-state index contributed by atoms with van der Waals surface area (Å²) in [5.41, 5.74) is 1.73. The van der Waals surface area contributed by atoms with Crippen molar-refractivity contribution in [1.29, 1.82) is 0 Å². The van der Waals surface area contributed by atoms with Gasteiger partial charge in [-0.3, -0.25) is 4.79 Å². The molecule has 21 heavy (non-hydrogen) atoms. The maximum atomic E-state index is 14.0. The van der Waals surface area contributed by atoms with Crippen LogP contribution in [0.15, 0.2) is 47.4 Å². The zero-order valence-electron chi connectivity index (χ0n) is 11.7. The van der Waals surface area contributed by atoms with E-state index >= 15 is 0 Å². The lowest BCUT2D eigenvalue weighted by Crippen LogP contribution is -2.31. The van der Waals surface area contributed by atoms with E-state index in [0.29, 0.717) is 5.56 Å². The van der Waals surface area contributed by atoms with Crippen LogP contribution in [0, 0.1) is 12.7 Å². The number of amides is 1. The van der Waals surface area contributed by atoms with E-state index in [1.54, 1.807) is 30.8 Å². The fourth-order valence-electron chi connectivity index (χ4n) is 2.55. The molecule has 2 aromatic rings. The molecular weight excluding hydrogens is 285 g/mol. The molecule has 0 saturated carbocycles. The number of hydrogen-bond donors (Lipinski definition) is 1. The summed E-state index contributed by atoms with van der Waals surface area (Å²) < 4.78 is 14.0. The van der Waals surface area contributed by atoms with E-state index in [1.807, 2.05) is 18.2 Å². The van der Waals surface area contributed by atoms with Crippen LogP contribution in [0.3, 0.4) is 0 Å². The van der Waals surface area contributed by atoms with Crippen molar-refractivity contribution in [2.45, 2.75) is 24.3 Å². The highest BCUT2D eigenvalue weighted by atomic mass is 32.2. The molecule has 1 amide bonds. The minimum Gasteiger partial charge on any atom is -0.345 e. The van der Waals surface area contributed by atoms with Crippen LogP contribution in [-0.2, 0) is 0 Å². The summed E-state index contributed by atoms with van der Waals surface area (Å²) in [6.45, 7) is 1.67. The predicted molar refractivity (Wildman–Crippen MR) is 83.1 cm³/mol. The molecule has 108 valence electrons. The summed E-state index contributed by atoms with van der Waals surface area (Å²) in [6.07, 6.45) is 0.862. The van der Waals surface area contributed by atoms with Gasteiger partial charge in [-0.1, -0.05) is 30.3 Å². The number of benzene rings is 2. The van der Waals surface area contributed by atoms with Crippen LogP contribution >= 0.6 is 11.8 Å². The Morgan fingerprint density at radius 1 is 1.24 bits per heavy atom. The van der Waals surface area contributed by atoms with Gasteiger partial charge >= 0.3 is 0 Å². The highest BCUT2D eigenvalue weighted by molar-refractivity contribution is 7.99. The summed E-state index contributed by atoms with van der Waals surface area (Å²) in [5, 5.41) is 2.97. The lowest BCUT2D eigenvalue weighted by molar-refractivity contribution is 0.0930. The van der Waals surface area contributed by atoms with Crippen molar-refractivity contribution in [3.63, 3.8) is 0 Å². The van der Waals surface area contributed by atoms with Gasteiger partial charge in [0.15, 0.2) is 0 Å². The Labute approximate surface area is 127 Å². The van der Waals surface area contributed by atoms with Gasteiger partial charge in [0.2, 0.25) is 0 Å². The van der Waals surface area contributed by atoms with Crippen molar-refractivity contribution in [3.05, 3.63) is 65.0 Å². The van der Waals surface area contributed by atoms with E-state index in [-0.39, 0.29) is 17.5 Å². The molecule has 1 unspecified atom stereocenters. The second-order valence-electron chi connectivity index (χ2n) is 5.14. The van der Waals surface area contributed by atoms with Crippen LogP contribution in [-0.4, -0.2) is 11.7 Å². The molecule has 1 atom stereocenters. The maximum absolute atomic E-state index is 14.0. The number of thioether (sulfide) groups is 1. The van der Waals surface area contributed by atoms with Gasteiger partial charge < -0.3 is 5.32 Å². The largest absolute Gasteiger partial charge is 0.345 e. The Morgan fingerprint density at radius 2 is 2.05 bits per heavy atom. The van der Waals surface area contributed by atoms with Crippen LogP contribution in [0.2, 0.25) is 0 Å². The van der Waals surface area contributed by atoms with Crippen molar-refractivity contribution in [3.8, 4) is 0 Å². The van der Waals surface area contributed by atoms with Gasteiger partial charge in [0.05, 0.1) is 11.6 Å². The van der Waals surface area contributed by atoms with Crippen LogP contribution in [0.4, 0.5) is 4.39 Å². The molecule has 0 saturated heterocycles. The van der Waals surface area contributed by atoms with Gasteiger partial charge in [0.25, 0.3) is 5.91 Å². The third-order valence-electron chi connectivity index (χ3n) is 3.70. The van der Waals surface area contributed by atoms with Crippen molar-refractivity contribution in [2.24, 2.45) is 0 Å². The summed E-state index contributed by atoms with van der Waals surface area (Å²) in [7, 11) is 0. The number of rotatable bonds is 2. The topological polar surface area (TPSA) is 29.1 Å². The molecule has 4 heteroatoms. The number of nitrogens with one attached hydrogen (secondary N) is 1. The van der Waals surface area contributed by atoms with Gasteiger partial charge in [-0.2, -0.15) is 0 Å². The number of aryl methyl sites for hydroxylation is 1. The SMILES string of the molecule is Cc1cccc(C(=O)NC2CCSc3ccccc32)c1F. The molecule has 2 nitrogen and oxygen atoms in total. The van der Waals surface area contributed by atoms with Gasteiger partial charge in [-0.25, -0.2) is 4.39 Å². The molecule has 0 radical (unpaired) electrons. The number of fused-ring (bicyclic) bond motifs is 1. The van der Waals surface area contributed by atoms with Crippen LogP contribution in [0.1, 0.15) is 33.9 Å². The Morgan fingerprint density at radius 3 is 2.90 bits per heavy atom. The molecule has 0 fully saturated rings. The van der Waals surface area contributed by atoms with Gasteiger partial charge in [0, 0.05) is 10.6 Å². The third-order valence-corrected chi connectivity index (χ3v) is 4.82. The van der Waals surface area contributed by atoms with E-state index in [4.69, 9.17) is 0 Å². The van der Waals surface area contributed by atoms with Gasteiger partial charge in [0.1, 0.15) is 5.82 Å². The first-order chi connectivity index (χ1) is 10.2. The molecule has 0 spiro atoms. The second kappa shape index (κ2) is 5.90. The van der Waals surface area contributed by atoms with E-state index in [2.05, 4.69) is 11.4 Å². The van der Waals surface area contributed by atoms with Crippen LogP contribution < -0.4 is 5.32 Å². The summed E-state index contributed by atoms with van der Waals surface area (Å²) in [4.78, 5) is 13.5. The predicted octanol–water partition coefficient (Wildman–Crippen LogP) is 4.10. The fraction of sp³-hybridized carbons (Fsp3) is 0.235. The Kier molecular flexibility index (Phi) is 3.97. The first kappa shape index (κ1) is 14.1. The molecule has 3 rings (SSSR count). The summed E-state index contributed by atoms with van der Waals surface area (Å²) in [6, 6.07) is 12.9. The molecule has 0 aliphatic carbocycles. The number of carbonyl (C=O) groups excluding carboxylic acids is 1. The molecule has 0 aromatic heterocycles. The molecule has 1 N–H and O–H groups in total. The first-order valence-electron chi connectivity index (χ1n) is 6.94. The normalized spacial score (nSPS) is 17.1. The van der Waals surface area contributed by atoms with E-state index in [9.17, 15) is 9.18 Å². The number of hydrogen-bond acceptors (Lipinski definition) is 2. The Bertz CT molecular complexity index is 686. The zero-order chi connectivity index (χ0) is 14.8. The Balaban J connectivity index is 1.85. The first-order valence-corrected chi connectivity index (χ1v) is 7.93. The van der Waals surface area contributed by atoms with Gasteiger partial charge in [-0.05, 0) is 36.6 Å². The van der Waals surface area contributed by atoms with Gasteiger partial charge in [-0.15, -0.1) is 11.8 Å². The minimum absolute atomic E-state index is 0.0464. The monoisotopic (exact) mass is 301 g/mol. The molecular formula is C17H16FNOS. The van der Waals surface area contributed by atoms with E-state index in [1.165, 1.54) is 11.0 Å². The highest BCUT2D eigenvalue weighted by Crippen LogP contribution is 2.35. The minimum atomic E-state index is -0.437.